The summed E-state index contributed by atoms with van der Waals surface area (Å²) in [6, 6.07) is 7.62. The van der Waals surface area contributed by atoms with Gasteiger partial charge in [-0.1, -0.05) is 41.6 Å². The third-order valence-corrected chi connectivity index (χ3v) is 4.01. The Bertz CT molecular complexity index is 581. The van der Waals surface area contributed by atoms with Crippen LogP contribution in [0.1, 0.15) is 22.3 Å². The minimum atomic E-state index is 0.103. The normalized spacial score (nSPS) is 10.8. The fourth-order valence-electron chi connectivity index (χ4n) is 1.84. The molecular weight excluding hydrogens is 286 g/mol. The molecule has 0 atom stereocenters. The van der Waals surface area contributed by atoms with Crippen LogP contribution in [0, 0.1) is 6.92 Å². The van der Waals surface area contributed by atoms with Crippen LogP contribution in [0.4, 0.5) is 0 Å². The van der Waals surface area contributed by atoms with E-state index in [-0.39, 0.29) is 5.78 Å². The average Bonchev–Trinajstić information content (AvgIpc) is 2.93. The van der Waals surface area contributed by atoms with Gasteiger partial charge < -0.3 is 9.30 Å². The molecule has 0 aliphatic rings. The van der Waals surface area contributed by atoms with Crippen molar-refractivity contribution >= 4 is 17.5 Å². The number of carbonyl (C=O) groups excluding carboxylic acids is 1. The van der Waals surface area contributed by atoms with Crippen molar-refractivity contribution in [2.45, 2.75) is 25.0 Å². The van der Waals surface area contributed by atoms with Crippen LogP contribution in [-0.2, 0) is 11.3 Å². The molecular formula is C15H19N3O2S. The summed E-state index contributed by atoms with van der Waals surface area (Å²) in [5.74, 6) is 0.470. The molecule has 0 unspecified atom stereocenters. The molecule has 0 fully saturated rings. The van der Waals surface area contributed by atoms with Crippen LogP contribution in [0.15, 0.2) is 35.7 Å². The van der Waals surface area contributed by atoms with Crippen molar-refractivity contribution in [3.05, 3.63) is 41.7 Å². The molecule has 21 heavy (non-hydrogen) atoms. The van der Waals surface area contributed by atoms with Crippen LogP contribution in [0.2, 0.25) is 0 Å². The van der Waals surface area contributed by atoms with Crippen molar-refractivity contribution in [2.24, 2.45) is 0 Å². The number of carbonyl (C=O) groups is 1. The number of hydrogen-bond acceptors (Lipinski definition) is 5. The van der Waals surface area contributed by atoms with Gasteiger partial charge in [0, 0.05) is 25.8 Å². The van der Waals surface area contributed by atoms with Crippen LogP contribution in [-0.4, -0.2) is 40.0 Å². The second-order valence-corrected chi connectivity index (χ2v) is 5.67. The summed E-state index contributed by atoms with van der Waals surface area (Å²) >= 11 is 1.42. The van der Waals surface area contributed by atoms with Crippen molar-refractivity contribution in [2.75, 3.05) is 19.5 Å². The molecule has 0 aliphatic heterocycles. The lowest BCUT2D eigenvalue weighted by Crippen LogP contribution is -2.06. The van der Waals surface area contributed by atoms with Gasteiger partial charge in [-0.15, -0.1) is 10.2 Å². The monoisotopic (exact) mass is 305 g/mol. The number of rotatable bonds is 8. The van der Waals surface area contributed by atoms with Crippen molar-refractivity contribution in [3.8, 4) is 0 Å². The van der Waals surface area contributed by atoms with E-state index in [0.717, 1.165) is 29.2 Å². The first kappa shape index (κ1) is 15.7. The zero-order valence-corrected chi connectivity index (χ0v) is 13.1. The van der Waals surface area contributed by atoms with E-state index in [9.17, 15) is 4.79 Å². The van der Waals surface area contributed by atoms with Crippen molar-refractivity contribution in [3.63, 3.8) is 0 Å². The third kappa shape index (κ3) is 4.68. The van der Waals surface area contributed by atoms with E-state index in [1.165, 1.54) is 11.8 Å². The molecule has 0 saturated carbocycles. The zero-order chi connectivity index (χ0) is 15.1. The number of benzene rings is 1. The maximum atomic E-state index is 12.1. The predicted molar refractivity (Wildman–Crippen MR) is 82.7 cm³/mol. The second kappa shape index (κ2) is 7.95. The van der Waals surface area contributed by atoms with Crippen molar-refractivity contribution in [1.82, 2.24) is 14.8 Å². The quantitative estimate of drug-likeness (QED) is 0.426. The van der Waals surface area contributed by atoms with Crippen LogP contribution in [0.25, 0.3) is 0 Å². The highest BCUT2D eigenvalue weighted by molar-refractivity contribution is 7.99. The molecule has 0 N–H and O–H groups in total. The number of ketones is 1. The molecule has 112 valence electrons. The Kier molecular flexibility index (Phi) is 5.95. The number of methoxy groups -OCH3 is 1. The second-order valence-electron chi connectivity index (χ2n) is 4.73. The molecule has 0 radical (unpaired) electrons. The van der Waals surface area contributed by atoms with E-state index in [2.05, 4.69) is 10.2 Å². The molecule has 5 nitrogen and oxygen atoms in total. The number of ether oxygens (including phenoxy) is 1. The SMILES string of the molecule is COCCCn1cnnc1SCC(=O)c1ccc(C)cc1. The summed E-state index contributed by atoms with van der Waals surface area (Å²) in [6.45, 7) is 3.50. The van der Waals surface area contributed by atoms with Gasteiger partial charge in [0.15, 0.2) is 10.9 Å². The first-order valence-electron chi connectivity index (χ1n) is 6.80. The first-order chi connectivity index (χ1) is 10.2. The predicted octanol–water partition coefficient (Wildman–Crippen LogP) is 2.60. The van der Waals surface area contributed by atoms with Gasteiger partial charge >= 0.3 is 0 Å². The van der Waals surface area contributed by atoms with E-state index in [0.29, 0.717) is 12.4 Å². The Hall–Kier alpha value is -1.66. The molecule has 0 bridgehead atoms. The fraction of sp³-hybridized carbons (Fsp3) is 0.400. The number of thioether (sulfide) groups is 1. The number of nitrogens with zero attached hydrogens (tertiary/aromatic N) is 3. The summed E-state index contributed by atoms with van der Waals surface area (Å²) in [6.07, 6.45) is 2.59. The highest BCUT2D eigenvalue weighted by atomic mass is 32.2. The van der Waals surface area contributed by atoms with E-state index < -0.39 is 0 Å². The maximum Gasteiger partial charge on any atom is 0.191 e. The minimum Gasteiger partial charge on any atom is -0.385 e. The van der Waals surface area contributed by atoms with Gasteiger partial charge in [-0.05, 0) is 13.3 Å². The fourth-order valence-corrected chi connectivity index (χ4v) is 2.68. The maximum absolute atomic E-state index is 12.1. The Morgan fingerprint density at radius 2 is 2.10 bits per heavy atom. The van der Waals surface area contributed by atoms with Gasteiger partial charge in [0.05, 0.1) is 5.75 Å². The molecule has 1 aromatic heterocycles. The lowest BCUT2D eigenvalue weighted by Gasteiger charge is -2.05. The molecule has 0 aliphatic carbocycles. The van der Waals surface area contributed by atoms with E-state index >= 15 is 0 Å². The number of Topliss-reactive ketones (excluding diaryl/α,β-unsaturated/α-hetero) is 1. The van der Waals surface area contributed by atoms with Gasteiger partial charge in [-0.25, -0.2) is 0 Å². The Labute approximate surface area is 128 Å². The van der Waals surface area contributed by atoms with Crippen molar-refractivity contribution < 1.29 is 9.53 Å². The molecule has 1 aromatic carbocycles. The summed E-state index contributed by atoms with van der Waals surface area (Å²) in [7, 11) is 1.68. The molecule has 2 aromatic rings. The Morgan fingerprint density at radius 3 is 2.81 bits per heavy atom. The molecule has 2 rings (SSSR count). The van der Waals surface area contributed by atoms with Gasteiger partial charge in [0.25, 0.3) is 0 Å². The van der Waals surface area contributed by atoms with Gasteiger partial charge in [-0.3, -0.25) is 4.79 Å². The van der Waals surface area contributed by atoms with Crippen LogP contribution in [0.3, 0.4) is 0 Å². The van der Waals surface area contributed by atoms with Gasteiger partial charge in [0.1, 0.15) is 6.33 Å². The number of aromatic nitrogens is 3. The van der Waals surface area contributed by atoms with Crippen LogP contribution in [0.5, 0.6) is 0 Å². The van der Waals surface area contributed by atoms with Crippen LogP contribution >= 0.6 is 11.8 Å². The molecule has 1 heterocycles. The molecule has 6 heteroatoms. The lowest BCUT2D eigenvalue weighted by atomic mass is 10.1. The topological polar surface area (TPSA) is 57.0 Å². The van der Waals surface area contributed by atoms with Gasteiger partial charge in [-0.2, -0.15) is 0 Å². The van der Waals surface area contributed by atoms with E-state index in [4.69, 9.17) is 4.74 Å². The zero-order valence-electron chi connectivity index (χ0n) is 12.3. The molecule has 0 amide bonds. The van der Waals surface area contributed by atoms with E-state index in [1.807, 2.05) is 35.8 Å². The lowest BCUT2D eigenvalue weighted by molar-refractivity contribution is 0.102. The first-order valence-corrected chi connectivity index (χ1v) is 7.78. The number of hydrogen-bond donors (Lipinski definition) is 0. The van der Waals surface area contributed by atoms with Gasteiger partial charge in [0.2, 0.25) is 0 Å². The smallest absolute Gasteiger partial charge is 0.191 e. The van der Waals surface area contributed by atoms with Crippen molar-refractivity contribution in [1.29, 1.82) is 0 Å². The average molecular weight is 305 g/mol. The summed E-state index contributed by atoms with van der Waals surface area (Å²) in [5.41, 5.74) is 1.88. The van der Waals surface area contributed by atoms with E-state index in [1.54, 1.807) is 13.4 Å². The highest BCUT2D eigenvalue weighted by Crippen LogP contribution is 2.17. The Balaban J connectivity index is 1.89. The minimum absolute atomic E-state index is 0.103. The highest BCUT2D eigenvalue weighted by Gasteiger charge is 2.10. The number of aryl methyl sites for hydroxylation is 2. The molecule has 0 saturated heterocycles. The summed E-state index contributed by atoms with van der Waals surface area (Å²) in [5, 5.41) is 8.73. The Morgan fingerprint density at radius 1 is 1.33 bits per heavy atom. The summed E-state index contributed by atoms with van der Waals surface area (Å²) < 4.78 is 6.98. The standard InChI is InChI=1S/C15H19N3O2S/c1-12-4-6-13(7-5-12)14(19)10-21-15-17-16-11-18(15)8-3-9-20-2/h4-7,11H,3,8-10H2,1-2H3. The third-order valence-electron chi connectivity index (χ3n) is 3.03. The van der Waals surface area contributed by atoms with Crippen LogP contribution < -0.4 is 0 Å². The summed E-state index contributed by atoms with van der Waals surface area (Å²) in [4.78, 5) is 12.1. The largest absolute Gasteiger partial charge is 0.385 e. The molecule has 0 spiro atoms.